The second kappa shape index (κ2) is 9.44. The van der Waals surface area contributed by atoms with Crippen LogP contribution < -0.4 is 15.7 Å². The maximum atomic E-state index is 5.95. The zero-order valence-corrected chi connectivity index (χ0v) is 24.2. The monoisotopic (exact) mass is 540 g/mol. The molecule has 0 amide bonds. The van der Waals surface area contributed by atoms with Crippen molar-refractivity contribution in [1.82, 2.24) is 5.09 Å². The van der Waals surface area contributed by atoms with Crippen LogP contribution in [0.1, 0.15) is 44.1 Å². The van der Waals surface area contributed by atoms with Crippen LogP contribution in [-0.4, -0.2) is 5.54 Å². The number of hydrogen-bond donors (Lipinski definition) is 1. The molecule has 0 saturated heterocycles. The molecular formula is C37H37N2P. The van der Waals surface area contributed by atoms with Crippen molar-refractivity contribution in [1.29, 1.82) is 0 Å². The summed E-state index contributed by atoms with van der Waals surface area (Å²) in [6, 6.07) is 40.5. The van der Waals surface area contributed by atoms with Gasteiger partial charge in [-0.3, -0.25) is 5.09 Å². The molecule has 0 heterocycles. The number of aryl methyl sites for hydroxylation is 1. The zero-order chi connectivity index (χ0) is 26.7. The molecule has 200 valence electrons. The maximum Gasteiger partial charge on any atom is 0.0941 e. The van der Waals surface area contributed by atoms with E-state index in [0.29, 0.717) is 0 Å². The smallest absolute Gasteiger partial charge is 0.0941 e. The first-order chi connectivity index (χ1) is 19.6. The summed E-state index contributed by atoms with van der Waals surface area (Å²) in [7, 11) is -2.50. The minimum absolute atomic E-state index is 0.143. The van der Waals surface area contributed by atoms with E-state index in [1.54, 1.807) is 0 Å². The summed E-state index contributed by atoms with van der Waals surface area (Å²) in [6.45, 7) is 2.16. The van der Waals surface area contributed by atoms with Crippen LogP contribution in [-0.2, 0) is 0 Å². The third kappa shape index (κ3) is 4.08. The fourth-order valence-electron chi connectivity index (χ4n) is 8.74. The van der Waals surface area contributed by atoms with E-state index < -0.39 is 7.21 Å². The van der Waals surface area contributed by atoms with Crippen LogP contribution in [0.2, 0.25) is 0 Å². The van der Waals surface area contributed by atoms with Crippen LogP contribution in [0.3, 0.4) is 0 Å². The summed E-state index contributed by atoms with van der Waals surface area (Å²) in [6.07, 6.45) is 8.18. The highest BCUT2D eigenvalue weighted by Gasteiger charge is 2.53. The molecule has 40 heavy (non-hydrogen) atoms. The van der Waals surface area contributed by atoms with Gasteiger partial charge in [-0.05, 0) is 96.9 Å². The topological polar surface area (TPSA) is 24.4 Å². The lowest BCUT2D eigenvalue weighted by Crippen LogP contribution is -2.58. The summed E-state index contributed by atoms with van der Waals surface area (Å²) < 4.78 is 5.95. The van der Waals surface area contributed by atoms with Crippen molar-refractivity contribution in [2.24, 2.45) is 22.5 Å². The Morgan fingerprint density at radius 1 is 0.600 bits per heavy atom. The number of nitrogens with one attached hydrogen (secondary N) is 1. The van der Waals surface area contributed by atoms with Gasteiger partial charge in [-0.1, -0.05) is 103 Å². The molecule has 0 aliphatic heterocycles. The average Bonchev–Trinajstić information content (AvgIpc) is 2.96. The van der Waals surface area contributed by atoms with Crippen LogP contribution in [0, 0.1) is 24.7 Å². The molecule has 9 rings (SSSR count). The number of hydrogen-bond acceptors (Lipinski definition) is 1. The molecule has 5 aromatic carbocycles. The van der Waals surface area contributed by atoms with Gasteiger partial charge in [-0.2, -0.15) is 0 Å². The molecule has 2 nitrogen and oxygen atoms in total. The molecule has 3 heteroatoms. The molecular weight excluding hydrogens is 503 g/mol. The Kier molecular flexibility index (Phi) is 5.80. The predicted molar refractivity (Wildman–Crippen MR) is 171 cm³/mol. The molecule has 0 radical (unpaired) electrons. The van der Waals surface area contributed by atoms with Gasteiger partial charge >= 0.3 is 0 Å². The SMILES string of the molecule is Cc1ccc(N=P(NC23CC4CC(CC(C4)C2)C3)(c2cccc3ccccc23)c2cccc3ccccc23)cc1. The third-order valence-electron chi connectivity index (χ3n) is 9.97. The second-order valence-corrected chi connectivity index (χ2v) is 15.5. The van der Waals surface area contributed by atoms with Gasteiger partial charge in [0.25, 0.3) is 0 Å². The molecule has 4 fully saturated rings. The molecule has 4 saturated carbocycles. The average molecular weight is 541 g/mol. The Hall–Kier alpha value is -3.19. The summed E-state index contributed by atoms with van der Waals surface area (Å²) in [5.41, 5.74) is 2.48. The highest BCUT2D eigenvalue weighted by Crippen LogP contribution is 2.60. The van der Waals surface area contributed by atoms with E-state index in [4.69, 9.17) is 4.74 Å². The van der Waals surface area contributed by atoms with Crippen LogP contribution in [0.15, 0.2) is 114 Å². The fourth-order valence-corrected chi connectivity index (χ4v) is 12.7. The van der Waals surface area contributed by atoms with E-state index >= 15 is 0 Å². The van der Waals surface area contributed by atoms with E-state index in [1.165, 1.54) is 76.2 Å². The lowest BCUT2D eigenvalue weighted by atomic mass is 9.53. The normalized spacial score (nSPS) is 25.5. The van der Waals surface area contributed by atoms with Crippen molar-refractivity contribution >= 4 is 45.0 Å². The summed E-state index contributed by atoms with van der Waals surface area (Å²) in [4.78, 5) is 0. The Labute approximate surface area is 238 Å². The van der Waals surface area contributed by atoms with Gasteiger partial charge in [0.2, 0.25) is 0 Å². The Morgan fingerprint density at radius 3 is 1.60 bits per heavy atom. The van der Waals surface area contributed by atoms with E-state index in [2.05, 4.69) is 121 Å². The van der Waals surface area contributed by atoms with E-state index in [9.17, 15) is 0 Å². The summed E-state index contributed by atoms with van der Waals surface area (Å²) >= 11 is 0. The molecule has 5 aromatic rings. The lowest BCUT2D eigenvalue weighted by Gasteiger charge is -2.58. The van der Waals surface area contributed by atoms with E-state index in [-0.39, 0.29) is 5.54 Å². The molecule has 0 aromatic heterocycles. The van der Waals surface area contributed by atoms with Gasteiger partial charge < -0.3 is 0 Å². The standard InChI is InChI=1S/C37H37N2P/c1-26-16-18-32(19-17-26)38-40(35-14-6-10-30-8-2-4-12-33(30)35,36-15-7-11-31-9-3-5-13-34(31)36)39-37-23-27-20-28(24-37)22-29(21-27)25-37/h2-19,27-29,39H,20-25H2,1H3. The van der Waals surface area contributed by atoms with E-state index in [0.717, 1.165) is 23.4 Å². The first-order valence-electron chi connectivity index (χ1n) is 15.0. The van der Waals surface area contributed by atoms with Gasteiger partial charge in [0, 0.05) is 16.1 Å². The van der Waals surface area contributed by atoms with Crippen LogP contribution in [0.4, 0.5) is 5.69 Å². The van der Waals surface area contributed by atoms with Crippen molar-refractivity contribution in [2.45, 2.75) is 51.0 Å². The zero-order valence-electron chi connectivity index (χ0n) is 23.3. The van der Waals surface area contributed by atoms with Crippen molar-refractivity contribution in [3.8, 4) is 0 Å². The molecule has 4 aliphatic carbocycles. The van der Waals surface area contributed by atoms with Gasteiger partial charge in [-0.15, -0.1) is 0 Å². The molecule has 4 aliphatic rings. The predicted octanol–water partition coefficient (Wildman–Crippen LogP) is 9.26. The molecule has 0 spiro atoms. The largest absolute Gasteiger partial charge is 0.270 e. The molecule has 4 bridgehead atoms. The second-order valence-electron chi connectivity index (χ2n) is 12.9. The fraction of sp³-hybridized carbons (Fsp3) is 0.297. The van der Waals surface area contributed by atoms with E-state index in [1.807, 2.05) is 0 Å². The summed E-state index contributed by atoms with van der Waals surface area (Å²) in [5, 5.41) is 12.5. The van der Waals surface area contributed by atoms with Crippen molar-refractivity contribution < 1.29 is 0 Å². The maximum absolute atomic E-state index is 5.95. The molecule has 0 unspecified atom stereocenters. The highest BCUT2D eigenvalue weighted by atomic mass is 31.2. The molecule has 1 N–H and O–H groups in total. The number of rotatable bonds is 5. The van der Waals surface area contributed by atoms with Gasteiger partial charge in [-0.25, -0.2) is 4.74 Å². The third-order valence-corrected chi connectivity index (χ3v) is 13.5. The van der Waals surface area contributed by atoms with Gasteiger partial charge in [0.05, 0.1) is 12.9 Å². The van der Waals surface area contributed by atoms with Crippen LogP contribution in [0.5, 0.6) is 0 Å². The van der Waals surface area contributed by atoms with Crippen molar-refractivity contribution in [3.05, 3.63) is 115 Å². The molecule has 0 atom stereocenters. The highest BCUT2D eigenvalue weighted by molar-refractivity contribution is 7.80. The first kappa shape index (κ1) is 24.6. The Bertz CT molecular complexity index is 1650. The first-order valence-corrected chi connectivity index (χ1v) is 16.8. The van der Waals surface area contributed by atoms with Crippen LogP contribution in [0.25, 0.3) is 21.5 Å². The minimum atomic E-state index is -2.50. The Morgan fingerprint density at radius 2 is 1.07 bits per heavy atom. The quantitative estimate of drug-likeness (QED) is 0.221. The number of fused-ring (bicyclic) bond motifs is 2. The number of benzene rings is 5. The van der Waals surface area contributed by atoms with Crippen molar-refractivity contribution in [3.63, 3.8) is 0 Å². The lowest BCUT2D eigenvalue weighted by molar-refractivity contribution is -0.00763. The number of nitrogens with zero attached hydrogens (tertiary/aromatic N) is 1. The van der Waals surface area contributed by atoms with Gasteiger partial charge in [0.1, 0.15) is 0 Å². The summed E-state index contributed by atoms with van der Waals surface area (Å²) in [5.74, 6) is 2.58. The van der Waals surface area contributed by atoms with Crippen molar-refractivity contribution in [2.75, 3.05) is 0 Å². The van der Waals surface area contributed by atoms with Crippen LogP contribution >= 0.6 is 7.21 Å². The Balaban J connectivity index is 1.48. The minimum Gasteiger partial charge on any atom is -0.270 e. The van der Waals surface area contributed by atoms with Gasteiger partial charge in [0.15, 0.2) is 0 Å².